The summed E-state index contributed by atoms with van der Waals surface area (Å²) in [6.07, 6.45) is 5.28. The van der Waals surface area contributed by atoms with Gasteiger partial charge in [0.1, 0.15) is 0 Å². The van der Waals surface area contributed by atoms with E-state index in [-0.39, 0.29) is 11.5 Å². The zero-order valence-electron chi connectivity index (χ0n) is 16.8. The monoisotopic (exact) mass is 367 g/mol. The van der Waals surface area contributed by atoms with Crippen LogP contribution in [-0.2, 0) is 6.42 Å². The van der Waals surface area contributed by atoms with E-state index in [1.807, 2.05) is 12.3 Å². The smallest absolute Gasteiger partial charge is 0.0710 e. The molecule has 0 aliphatic carbocycles. The van der Waals surface area contributed by atoms with Crippen LogP contribution in [0.25, 0.3) is 10.9 Å². The van der Waals surface area contributed by atoms with Crippen LogP contribution in [-0.4, -0.2) is 65.3 Å². The molecule has 2 saturated heterocycles. The Bertz CT molecular complexity index is 764. The Kier molecular flexibility index (Phi) is 5.49. The van der Waals surface area contributed by atoms with Crippen molar-refractivity contribution in [1.82, 2.24) is 14.8 Å². The molecule has 27 heavy (non-hydrogen) atoms. The van der Waals surface area contributed by atoms with E-state index in [1.54, 1.807) is 0 Å². The van der Waals surface area contributed by atoms with Crippen molar-refractivity contribution in [2.75, 3.05) is 39.3 Å². The van der Waals surface area contributed by atoms with Crippen LogP contribution >= 0.6 is 0 Å². The van der Waals surface area contributed by atoms with E-state index in [2.05, 4.69) is 52.9 Å². The molecule has 2 aliphatic rings. The van der Waals surface area contributed by atoms with Crippen LogP contribution in [0.3, 0.4) is 0 Å². The highest BCUT2D eigenvalue weighted by Gasteiger charge is 2.35. The molecule has 1 aromatic heterocycles. The molecule has 146 valence electrons. The number of pyridine rings is 1. The van der Waals surface area contributed by atoms with Crippen molar-refractivity contribution in [1.29, 1.82) is 0 Å². The molecule has 1 N–H and O–H groups in total. The molecule has 4 nitrogen and oxygen atoms in total. The van der Waals surface area contributed by atoms with Crippen molar-refractivity contribution in [2.24, 2.45) is 11.3 Å². The number of aromatic nitrogens is 1. The molecular weight excluding hydrogens is 334 g/mol. The second-order valence-electron chi connectivity index (χ2n) is 9.36. The Morgan fingerprint density at radius 2 is 1.78 bits per heavy atom. The summed E-state index contributed by atoms with van der Waals surface area (Å²) in [5.41, 5.74) is 2.62. The average molecular weight is 368 g/mol. The second kappa shape index (κ2) is 7.86. The van der Waals surface area contributed by atoms with Gasteiger partial charge in [-0.15, -0.1) is 0 Å². The molecule has 4 heteroatoms. The lowest BCUT2D eigenvalue weighted by Crippen LogP contribution is -2.41. The quantitative estimate of drug-likeness (QED) is 0.851. The van der Waals surface area contributed by atoms with Gasteiger partial charge >= 0.3 is 0 Å². The Morgan fingerprint density at radius 1 is 1.04 bits per heavy atom. The van der Waals surface area contributed by atoms with Gasteiger partial charge < -0.3 is 10.0 Å². The maximum atomic E-state index is 10.7. The van der Waals surface area contributed by atoms with Crippen LogP contribution in [0.2, 0.25) is 0 Å². The SMILES string of the molecule is CC(C)(CN1CCCC1)CN1C[C@@H](Cc2ccnc3ccccc23)[C@H](O)C1. The summed E-state index contributed by atoms with van der Waals surface area (Å²) in [7, 11) is 0. The fourth-order valence-corrected chi connectivity index (χ4v) is 5.09. The maximum absolute atomic E-state index is 10.7. The minimum atomic E-state index is -0.237. The fourth-order valence-electron chi connectivity index (χ4n) is 5.09. The van der Waals surface area contributed by atoms with Gasteiger partial charge in [-0.25, -0.2) is 0 Å². The number of hydrogen-bond donors (Lipinski definition) is 1. The number of rotatable bonds is 6. The Hall–Kier alpha value is -1.49. The first kappa shape index (κ1) is 18.9. The minimum absolute atomic E-state index is 0.237. The van der Waals surface area contributed by atoms with Crippen LogP contribution in [0.5, 0.6) is 0 Å². The number of benzene rings is 1. The summed E-state index contributed by atoms with van der Waals surface area (Å²) < 4.78 is 0. The number of aliphatic hydroxyl groups excluding tert-OH is 1. The predicted octanol–water partition coefficient (Wildman–Crippen LogP) is 3.19. The van der Waals surface area contributed by atoms with Crippen LogP contribution in [0.15, 0.2) is 36.5 Å². The molecule has 2 aromatic rings. The molecule has 4 rings (SSSR count). The summed E-state index contributed by atoms with van der Waals surface area (Å²) in [6, 6.07) is 10.4. The van der Waals surface area contributed by atoms with E-state index in [4.69, 9.17) is 0 Å². The van der Waals surface area contributed by atoms with Crippen molar-refractivity contribution >= 4 is 10.9 Å². The molecule has 0 amide bonds. The first-order chi connectivity index (χ1) is 13.0. The number of aliphatic hydroxyl groups is 1. The van der Waals surface area contributed by atoms with Gasteiger partial charge in [-0.2, -0.15) is 0 Å². The van der Waals surface area contributed by atoms with Crippen molar-refractivity contribution < 1.29 is 5.11 Å². The lowest BCUT2D eigenvalue weighted by atomic mass is 9.92. The first-order valence-corrected chi connectivity index (χ1v) is 10.5. The average Bonchev–Trinajstić information content (AvgIpc) is 3.24. The first-order valence-electron chi connectivity index (χ1n) is 10.5. The summed E-state index contributed by atoms with van der Waals surface area (Å²) >= 11 is 0. The van der Waals surface area contributed by atoms with Crippen molar-refractivity contribution in [3.8, 4) is 0 Å². The molecule has 0 spiro atoms. The Balaban J connectivity index is 1.39. The molecule has 2 aliphatic heterocycles. The predicted molar refractivity (Wildman–Crippen MR) is 111 cm³/mol. The normalized spacial score (nSPS) is 24.9. The van der Waals surface area contributed by atoms with Crippen LogP contribution < -0.4 is 0 Å². The number of likely N-dealkylation sites (tertiary alicyclic amines) is 2. The van der Waals surface area contributed by atoms with E-state index in [9.17, 15) is 5.11 Å². The molecular formula is C23H33N3O. The van der Waals surface area contributed by atoms with Crippen LogP contribution in [0.4, 0.5) is 0 Å². The number of β-amino-alcohol motifs (C(OH)–C–C–N with tert-alkyl or cyclic N) is 1. The van der Waals surface area contributed by atoms with Crippen LogP contribution in [0, 0.1) is 11.3 Å². The van der Waals surface area contributed by atoms with Gasteiger partial charge in [-0.1, -0.05) is 32.0 Å². The van der Waals surface area contributed by atoms with Crippen molar-refractivity contribution in [3.63, 3.8) is 0 Å². The second-order valence-corrected chi connectivity index (χ2v) is 9.36. The highest BCUT2D eigenvalue weighted by Crippen LogP contribution is 2.29. The number of hydrogen-bond acceptors (Lipinski definition) is 4. The van der Waals surface area contributed by atoms with Gasteiger partial charge in [-0.3, -0.25) is 9.88 Å². The Morgan fingerprint density at radius 3 is 2.59 bits per heavy atom. The standard InChI is InChI=1S/C23H33N3O/c1-23(2,16-25-11-5-6-12-25)17-26-14-19(22(27)15-26)13-18-9-10-24-21-8-4-3-7-20(18)21/h3-4,7-10,19,22,27H,5-6,11-17H2,1-2H3/t19-,22-/m1/s1. The van der Waals surface area contributed by atoms with Crippen molar-refractivity contribution in [2.45, 2.75) is 39.2 Å². The van der Waals surface area contributed by atoms with E-state index >= 15 is 0 Å². The summed E-state index contributed by atoms with van der Waals surface area (Å²) in [5, 5.41) is 11.9. The summed E-state index contributed by atoms with van der Waals surface area (Å²) in [4.78, 5) is 9.56. The zero-order chi connectivity index (χ0) is 18.9. The molecule has 3 heterocycles. The van der Waals surface area contributed by atoms with Crippen LogP contribution in [0.1, 0.15) is 32.3 Å². The molecule has 2 fully saturated rings. The summed E-state index contributed by atoms with van der Waals surface area (Å²) in [6.45, 7) is 11.3. The van der Waals surface area contributed by atoms with E-state index in [1.165, 1.54) is 43.4 Å². The highest BCUT2D eigenvalue weighted by molar-refractivity contribution is 5.81. The molecule has 1 aromatic carbocycles. The summed E-state index contributed by atoms with van der Waals surface area (Å²) in [5.74, 6) is 0.304. The van der Waals surface area contributed by atoms with E-state index in [0.717, 1.165) is 31.6 Å². The third-order valence-electron chi connectivity index (χ3n) is 6.21. The fraction of sp³-hybridized carbons (Fsp3) is 0.609. The highest BCUT2D eigenvalue weighted by atomic mass is 16.3. The molecule has 0 radical (unpaired) electrons. The third kappa shape index (κ3) is 4.50. The molecule has 0 bridgehead atoms. The number of nitrogens with zero attached hydrogens (tertiary/aromatic N) is 3. The molecule has 0 unspecified atom stereocenters. The lowest BCUT2D eigenvalue weighted by Gasteiger charge is -2.33. The van der Waals surface area contributed by atoms with E-state index < -0.39 is 0 Å². The minimum Gasteiger partial charge on any atom is -0.391 e. The van der Waals surface area contributed by atoms with Gasteiger partial charge in [0.2, 0.25) is 0 Å². The number of fused-ring (bicyclic) bond motifs is 1. The molecule has 0 saturated carbocycles. The van der Waals surface area contributed by atoms with E-state index in [0.29, 0.717) is 5.92 Å². The third-order valence-corrected chi connectivity index (χ3v) is 6.21. The van der Waals surface area contributed by atoms with Gasteiger partial charge in [0, 0.05) is 43.7 Å². The lowest BCUT2D eigenvalue weighted by molar-refractivity contribution is 0.123. The maximum Gasteiger partial charge on any atom is 0.0710 e. The topological polar surface area (TPSA) is 39.6 Å². The van der Waals surface area contributed by atoms with Gasteiger partial charge in [0.05, 0.1) is 11.6 Å². The number of para-hydroxylation sites is 1. The zero-order valence-corrected chi connectivity index (χ0v) is 16.8. The molecule has 2 atom stereocenters. The van der Waals surface area contributed by atoms with Gasteiger partial charge in [-0.05, 0) is 55.5 Å². The van der Waals surface area contributed by atoms with Gasteiger partial charge in [0.15, 0.2) is 0 Å². The Labute approximate surface area is 163 Å². The van der Waals surface area contributed by atoms with Crippen molar-refractivity contribution in [3.05, 3.63) is 42.1 Å². The largest absolute Gasteiger partial charge is 0.391 e. The van der Waals surface area contributed by atoms with Gasteiger partial charge in [0.25, 0.3) is 0 Å².